The monoisotopic (exact) mass is 680 g/mol. The molecular formula is C38H64O10. The van der Waals surface area contributed by atoms with Gasteiger partial charge in [0.1, 0.15) is 17.8 Å². The Morgan fingerprint density at radius 3 is 2.42 bits per heavy atom. The molecule has 10 nitrogen and oxygen atoms in total. The molecule has 276 valence electrons. The number of aliphatic hydroxyl groups is 1. The number of cyclic esters (lactones) is 1. The van der Waals surface area contributed by atoms with E-state index in [-0.39, 0.29) is 43.0 Å². The Kier molecular flexibility index (Phi) is 19.2. The Balaban J connectivity index is 2.11. The van der Waals surface area contributed by atoms with Crippen LogP contribution in [0.15, 0.2) is 36.0 Å². The first-order chi connectivity index (χ1) is 22.8. The van der Waals surface area contributed by atoms with Crippen molar-refractivity contribution < 1.29 is 47.9 Å². The van der Waals surface area contributed by atoms with E-state index in [1.807, 2.05) is 58.9 Å². The summed E-state index contributed by atoms with van der Waals surface area (Å²) in [5.74, 6) is -0.554. The minimum atomic E-state index is -0.932. The lowest BCUT2D eigenvalue weighted by Gasteiger charge is -2.37. The number of carbonyl (C=O) groups is 2. The number of ether oxygens (including phenoxy) is 7. The number of carbonyl (C=O) groups excluding carboxylic acids is 2. The maximum absolute atomic E-state index is 12.9. The third kappa shape index (κ3) is 14.8. The second kappa shape index (κ2) is 21.9. The molecule has 1 N–H and O–H groups in total. The Labute approximate surface area is 289 Å². The van der Waals surface area contributed by atoms with Crippen molar-refractivity contribution in [1.29, 1.82) is 0 Å². The van der Waals surface area contributed by atoms with E-state index in [1.54, 1.807) is 0 Å². The molecule has 10 atom stereocenters. The van der Waals surface area contributed by atoms with E-state index in [0.29, 0.717) is 52.0 Å². The van der Waals surface area contributed by atoms with E-state index in [1.165, 1.54) is 6.92 Å². The SMILES string of the molecule is CCOCCOC(CC)C(C)C1OC1CC(C)/C=C/C=C(\C)C1OC(=O)CC(O)CCC(C)(OCCOCC)C(OC(C)=O)/C=C/C1C. The quantitative estimate of drug-likeness (QED) is 0.0560. The van der Waals surface area contributed by atoms with Crippen molar-refractivity contribution in [3.05, 3.63) is 36.0 Å². The van der Waals surface area contributed by atoms with E-state index in [9.17, 15) is 14.7 Å². The first kappa shape index (κ1) is 42.1. The molecule has 0 bridgehead atoms. The van der Waals surface area contributed by atoms with Crippen LogP contribution < -0.4 is 0 Å². The van der Waals surface area contributed by atoms with E-state index in [0.717, 1.165) is 18.4 Å². The van der Waals surface area contributed by atoms with E-state index in [4.69, 9.17) is 33.2 Å². The largest absolute Gasteiger partial charge is 0.457 e. The summed E-state index contributed by atoms with van der Waals surface area (Å²) in [6.45, 7) is 20.7. The van der Waals surface area contributed by atoms with E-state index in [2.05, 4.69) is 26.8 Å². The molecule has 0 radical (unpaired) electrons. The Morgan fingerprint density at radius 1 is 1.08 bits per heavy atom. The summed E-state index contributed by atoms with van der Waals surface area (Å²) in [7, 11) is 0. The van der Waals surface area contributed by atoms with Gasteiger partial charge < -0.3 is 38.3 Å². The van der Waals surface area contributed by atoms with Crippen LogP contribution in [0.5, 0.6) is 0 Å². The van der Waals surface area contributed by atoms with Gasteiger partial charge >= 0.3 is 11.9 Å². The third-order valence-corrected chi connectivity index (χ3v) is 9.20. The molecule has 10 heteroatoms. The van der Waals surface area contributed by atoms with Crippen molar-refractivity contribution in [3.63, 3.8) is 0 Å². The zero-order valence-electron chi connectivity index (χ0n) is 31.0. The van der Waals surface area contributed by atoms with Crippen LogP contribution in [0.1, 0.15) is 94.4 Å². The highest BCUT2D eigenvalue weighted by atomic mass is 16.6. The summed E-state index contributed by atoms with van der Waals surface area (Å²) < 4.78 is 40.9. The summed E-state index contributed by atoms with van der Waals surface area (Å²) in [4.78, 5) is 25.1. The van der Waals surface area contributed by atoms with Crippen LogP contribution in [0, 0.1) is 17.8 Å². The molecule has 0 saturated carbocycles. The molecule has 2 rings (SSSR count). The van der Waals surface area contributed by atoms with Crippen LogP contribution in [-0.2, 0) is 42.7 Å². The van der Waals surface area contributed by atoms with Gasteiger partial charge in [-0.1, -0.05) is 52.0 Å². The average Bonchev–Trinajstić information content (AvgIpc) is 3.80. The molecule has 2 heterocycles. The molecule has 0 amide bonds. The third-order valence-electron chi connectivity index (χ3n) is 9.20. The van der Waals surface area contributed by atoms with Gasteiger partial charge in [-0.25, -0.2) is 0 Å². The van der Waals surface area contributed by atoms with Gasteiger partial charge in [0.05, 0.1) is 57.3 Å². The predicted molar refractivity (Wildman–Crippen MR) is 185 cm³/mol. The molecule has 0 aromatic heterocycles. The van der Waals surface area contributed by atoms with Crippen LogP contribution in [0.2, 0.25) is 0 Å². The van der Waals surface area contributed by atoms with Crippen molar-refractivity contribution in [3.8, 4) is 0 Å². The molecule has 0 aliphatic carbocycles. The molecule has 2 aliphatic heterocycles. The molecule has 1 saturated heterocycles. The topological polar surface area (TPSA) is 122 Å². The summed E-state index contributed by atoms with van der Waals surface area (Å²) >= 11 is 0. The van der Waals surface area contributed by atoms with Crippen molar-refractivity contribution in [2.75, 3.05) is 39.6 Å². The van der Waals surface area contributed by atoms with Gasteiger partial charge in [-0.15, -0.1) is 0 Å². The number of hydrogen-bond donors (Lipinski definition) is 1. The fourth-order valence-electron chi connectivity index (χ4n) is 6.25. The number of aliphatic hydroxyl groups excluding tert-OH is 1. The van der Waals surface area contributed by atoms with Gasteiger partial charge in [0.2, 0.25) is 0 Å². The number of allylic oxidation sites excluding steroid dienone is 3. The summed E-state index contributed by atoms with van der Waals surface area (Å²) in [5, 5.41) is 10.7. The highest BCUT2D eigenvalue weighted by Crippen LogP contribution is 2.37. The second-order valence-corrected chi connectivity index (χ2v) is 13.5. The lowest BCUT2D eigenvalue weighted by Crippen LogP contribution is -2.45. The van der Waals surface area contributed by atoms with Crippen LogP contribution in [0.4, 0.5) is 0 Å². The normalized spacial score (nSPS) is 31.3. The zero-order chi connectivity index (χ0) is 35.7. The average molecular weight is 681 g/mol. The maximum atomic E-state index is 12.9. The van der Waals surface area contributed by atoms with Gasteiger partial charge in [-0.2, -0.15) is 0 Å². The van der Waals surface area contributed by atoms with Crippen molar-refractivity contribution in [2.24, 2.45) is 17.8 Å². The second-order valence-electron chi connectivity index (χ2n) is 13.5. The van der Waals surface area contributed by atoms with Crippen LogP contribution in [-0.4, -0.2) is 98.9 Å². The Bertz CT molecular complexity index is 1040. The molecule has 2 aliphatic rings. The summed E-state index contributed by atoms with van der Waals surface area (Å²) in [6.07, 6.45) is 10.5. The van der Waals surface area contributed by atoms with E-state index >= 15 is 0 Å². The van der Waals surface area contributed by atoms with Gasteiger partial charge in [0.15, 0.2) is 0 Å². The number of rotatable bonds is 19. The summed E-state index contributed by atoms with van der Waals surface area (Å²) in [5.41, 5.74) is -0.0715. The molecule has 0 aromatic carbocycles. The molecular weight excluding hydrogens is 616 g/mol. The number of epoxide rings is 1. The first-order valence-electron chi connectivity index (χ1n) is 18.0. The van der Waals surface area contributed by atoms with E-state index < -0.39 is 35.9 Å². The minimum absolute atomic E-state index is 0.141. The van der Waals surface area contributed by atoms with Gasteiger partial charge in [-0.3, -0.25) is 9.59 Å². The Morgan fingerprint density at radius 2 is 1.77 bits per heavy atom. The summed E-state index contributed by atoms with van der Waals surface area (Å²) in [6, 6.07) is 0. The van der Waals surface area contributed by atoms with Gasteiger partial charge in [0, 0.05) is 32.0 Å². The lowest BCUT2D eigenvalue weighted by molar-refractivity contribution is -0.167. The van der Waals surface area contributed by atoms with Crippen LogP contribution >= 0.6 is 0 Å². The standard InChI is InChI=1S/C38H64O10/c1-10-32(44-22-20-42-11-2)29(7)37-33(47-37)24-26(4)14-13-15-27(5)36-28(6)16-17-34(46-30(8)39)38(9,45-23-21-43-12-3)19-18-31(40)25-35(41)48-36/h13-17,26,28-29,31-34,36-37,40H,10-12,18-25H2,1-9H3/b14-13+,17-16+,27-15+. The van der Waals surface area contributed by atoms with Gasteiger partial charge in [0.25, 0.3) is 0 Å². The lowest BCUT2D eigenvalue weighted by atomic mass is 9.88. The highest BCUT2D eigenvalue weighted by molar-refractivity contribution is 5.70. The fraction of sp³-hybridized carbons (Fsp3) is 0.789. The highest BCUT2D eigenvalue weighted by Gasteiger charge is 2.45. The predicted octanol–water partition coefficient (Wildman–Crippen LogP) is 6.14. The van der Waals surface area contributed by atoms with Crippen molar-refractivity contribution in [1.82, 2.24) is 0 Å². The molecule has 0 spiro atoms. The minimum Gasteiger partial charge on any atom is -0.457 e. The molecule has 48 heavy (non-hydrogen) atoms. The fourth-order valence-corrected chi connectivity index (χ4v) is 6.25. The van der Waals surface area contributed by atoms with Crippen LogP contribution in [0.3, 0.4) is 0 Å². The maximum Gasteiger partial charge on any atom is 0.309 e. The Hall–Kier alpha value is -2.08. The van der Waals surface area contributed by atoms with Gasteiger partial charge in [-0.05, 0) is 70.9 Å². The molecule has 0 aromatic rings. The zero-order valence-corrected chi connectivity index (χ0v) is 31.0. The first-order valence-corrected chi connectivity index (χ1v) is 18.0. The molecule has 1 fully saturated rings. The van der Waals surface area contributed by atoms with Crippen molar-refractivity contribution in [2.45, 2.75) is 137 Å². The number of hydrogen-bond acceptors (Lipinski definition) is 10. The van der Waals surface area contributed by atoms with Crippen molar-refractivity contribution >= 4 is 11.9 Å². The number of esters is 2. The van der Waals surface area contributed by atoms with Crippen LogP contribution in [0.25, 0.3) is 0 Å². The molecule has 10 unspecified atom stereocenters. The smallest absolute Gasteiger partial charge is 0.309 e.